The Morgan fingerprint density at radius 3 is 2.71 bits per heavy atom. The minimum atomic E-state index is -0.330. The zero-order valence-corrected chi connectivity index (χ0v) is 18.5. The summed E-state index contributed by atoms with van der Waals surface area (Å²) >= 11 is 0. The lowest BCUT2D eigenvalue weighted by Gasteiger charge is -2.24. The molecule has 1 aliphatic rings. The van der Waals surface area contributed by atoms with Crippen molar-refractivity contribution in [1.82, 2.24) is 20.7 Å². The van der Waals surface area contributed by atoms with Crippen molar-refractivity contribution in [3.05, 3.63) is 47.3 Å². The lowest BCUT2D eigenvalue weighted by molar-refractivity contribution is -0.135. The van der Waals surface area contributed by atoms with Crippen LogP contribution in [-0.4, -0.2) is 48.6 Å². The van der Waals surface area contributed by atoms with Gasteiger partial charge < -0.3 is 24.8 Å². The first-order valence-corrected chi connectivity index (χ1v) is 10.7. The zero-order valence-electron chi connectivity index (χ0n) is 18.5. The van der Waals surface area contributed by atoms with Gasteiger partial charge in [0.05, 0.1) is 13.7 Å². The fraction of sp³-hybridized carbons (Fsp3) is 0.522. The Labute approximate surface area is 183 Å². The van der Waals surface area contributed by atoms with Crippen molar-refractivity contribution in [2.75, 3.05) is 20.7 Å². The molecule has 2 amide bonds. The molecule has 1 aliphatic heterocycles. The molecule has 1 saturated heterocycles. The molecule has 8 heteroatoms. The lowest BCUT2D eigenvalue weighted by atomic mass is 9.96. The van der Waals surface area contributed by atoms with Crippen molar-refractivity contribution < 1.29 is 18.8 Å². The molecular formula is C23H32N4O4. The summed E-state index contributed by atoms with van der Waals surface area (Å²) in [6.07, 6.45) is 2.69. The Hall–Kier alpha value is -2.87. The molecular weight excluding hydrogens is 396 g/mol. The quantitative estimate of drug-likeness (QED) is 0.703. The highest BCUT2D eigenvalue weighted by Gasteiger charge is 2.27. The van der Waals surface area contributed by atoms with E-state index in [2.05, 4.69) is 15.8 Å². The number of nitrogens with zero attached hydrogens (tertiary/aromatic N) is 2. The van der Waals surface area contributed by atoms with Crippen molar-refractivity contribution in [3.63, 3.8) is 0 Å². The van der Waals surface area contributed by atoms with Crippen LogP contribution in [0.1, 0.15) is 42.7 Å². The van der Waals surface area contributed by atoms with Gasteiger partial charge in [0.15, 0.2) is 0 Å². The van der Waals surface area contributed by atoms with E-state index in [4.69, 9.17) is 9.26 Å². The number of hydrogen-bond donors (Lipinski definition) is 2. The van der Waals surface area contributed by atoms with E-state index in [1.165, 1.54) is 0 Å². The molecule has 0 radical (unpaired) electrons. The first-order chi connectivity index (χ1) is 14.9. The van der Waals surface area contributed by atoms with Gasteiger partial charge in [0, 0.05) is 44.6 Å². The number of aryl methyl sites for hydroxylation is 1. The van der Waals surface area contributed by atoms with E-state index in [1.807, 2.05) is 38.2 Å². The summed E-state index contributed by atoms with van der Waals surface area (Å²) in [5.41, 5.74) is 1.84. The van der Waals surface area contributed by atoms with E-state index < -0.39 is 0 Å². The van der Waals surface area contributed by atoms with Gasteiger partial charge in [-0.1, -0.05) is 23.7 Å². The van der Waals surface area contributed by atoms with Crippen molar-refractivity contribution in [3.8, 4) is 5.75 Å². The Morgan fingerprint density at radius 1 is 1.26 bits per heavy atom. The number of rotatable bonds is 7. The van der Waals surface area contributed by atoms with Gasteiger partial charge in [0.1, 0.15) is 17.2 Å². The Morgan fingerprint density at radius 2 is 2.03 bits per heavy atom. The zero-order chi connectivity index (χ0) is 22.2. The smallest absolute Gasteiger partial charge is 0.223 e. The van der Waals surface area contributed by atoms with Crippen LogP contribution < -0.4 is 15.4 Å². The highest BCUT2D eigenvalue weighted by atomic mass is 16.5. The molecule has 2 atom stereocenters. The highest BCUT2D eigenvalue weighted by molar-refractivity contribution is 5.85. The van der Waals surface area contributed by atoms with E-state index in [0.717, 1.165) is 30.7 Å². The van der Waals surface area contributed by atoms with Crippen LogP contribution in [0.2, 0.25) is 0 Å². The van der Waals surface area contributed by atoms with Gasteiger partial charge in [0.2, 0.25) is 11.8 Å². The van der Waals surface area contributed by atoms with Gasteiger partial charge in [-0.15, -0.1) is 0 Å². The second-order valence-corrected chi connectivity index (χ2v) is 8.18. The summed E-state index contributed by atoms with van der Waals surface area (Å²) in [7, 11) is 3.46. The van der Waals surface area contributed by atoms with Crippen LogP contribution in [0.5, 0.6) is 5.75 Å². The average molecular weight is 429 g/mol. The molecule has 2 heterocycles. The SMILES string of the molecule is COc1ccc(CN[C@@H]2CCC[C@@H](C(=O)NCc3cc(C)on3)CC(=O)N(C)C2)cc1. The van der Waals surface area contributed by atoms with E-state index in [9.17, 15) is 9.59 Å². The third-order valence-corrected chi connectivity index (χ3v) is 5.69. The van der Waals surface area contributed by atoms with Crippen LogP contribution >= 0.6 is 0 Å². The van der Waals surface area contributed by atoms with E-state index in [0.29, 0.717) is 31.0 Å². The largest absolute Gasteiger partial charge is 0.497 e. The molecule has 168 valence electrons. The molecule has 2 aromatic rings. The number of nitrogens with one attached hydrogen (secondary N) is 2. The summed E-state index contributed by atoms with van der Waals surface area (Å²) < 4.78 is 10.2. The fourth-order valence-electron chi connectivity index (χ4n) is 3.82. The number of ether oxygens (including phenoxy) is 1. The summed E-state index contributed by atoms with van der Waals surface area (Å²) in [5, 5.41) is 10.3. The predicted octanol–water partition coefficient (Wildman–Crippen LogP) is 2.41. The number of likely N-dealkylation sites (N-methyl/N-ethyl adjacent to an activating group) is 1. The maximum atomic E-state index is 12.7. The van der Waals surface area contributed by atoms with Crippen LogP contribution in [0.4, 0.5) is 0 Å². The van der Waals surface area contributed by atoms with Gasteiger partial charge in [-0.2, -0.15) is 0 Å². The summed E-state index contributed by atoms with van der Waals surface area (Å²) in [6.45, 7) is 3.46. The van der Waals surface area contributed by atoms with Gasteiger partial charge in [-0.3, -0.25) is 9.59 Å². The standard InChI is InChI=1S/C23H32N4O4/c1-16-11-20(26-31-16)14-25-23(29)18-5-4-6-19(15-27(2)22(28)12-18)24-13-17-7-9-21(30-3)10-8-17/h7-11,18-19,24H,4-6,12-15H2,1-3H3,(H,25,29)/t18-,19-/m1/s1. The fourth-order valence-corrected chi connectivity index (χ4v) is 3.82. The van der Waals surface area contributed by atoms with Gasteiger partial charge in [0.25, 0.3) is 0 Å². The second kappa shape index (κ2) is 10.9. The van der Waals surface area contributed by atoms with Crippen molar-refractivity contribution >= 4 is 11.8 Å². The number of benzene rings is 1. The predicted molar refractivity (Wildman–Crippen MR) is 116 cm³/mol. The van der Waals surface area contributed by atoms with Crippen LogP contribution in [-0.2, 0) is 22.7 Å². The van der Waals surface area contributed by atoms with Gasteiger partial charge in [-0.05, 0) is 37.5 Å². The molecule has 0 spiro atoms. The van der Waals surface area contributed by atoms with Gasteiger partial charge >= 0.3 is 0 Å². The third kappa shape index (κ3) is 6.82. The van der Waals surface area contributed by atoms with Crippen molar-refractivity contribution in [2.24, 2.45) is 5.92 Å². The molecule has 0 aliphatic carbocycles. The molecule has 8 nitrogen and oxygen atoms in total. The summed E-state index contributed by atoms with van der Waals surface area (Å²) in [5.74, 6) is 1.10. The van der Waals surface area contributed by atoms with Gasteiger partial charge in [-0.25, -0.2) is 0 Å². The first kappa shape index (κ1) is 22.8. The Bertz CT molecular complexity index is 865. The Balaban J connectivity index is 1.53. The molecule has 1 fully saturated rings. The number of hydrogen-bond acceptors (Lipinski definition) is 6. The van der Waals surface area contributed by atoms with E-state index >= 15 is 0 Å². The van der Waals surface area contributed by atoms with Crippen LogP contribution in [0.25, 0.3) is 0 Å². The average Bonchev–Trinajstić information content (AvgIpc) is 3.21. The molecule has 0 saturated carbocycles. The molecule has 0 unspecified atom stereocenters. The minimum absolute atomic E-state index is 0.00409. The normalized spacial score (nSPS) is 20.0. The second-order valence-electron chi connectivity index (χ2n) is 8.18. The molecule has 1 aromatic carbocycles. The van der Waals surface area contributed by atoms with E-state index in [-0.39, 0.29) is 30.2 Å². The molecule has 2 N–H and O–H groups in total. The number of carbonyl (C=O) groups excluding carboxylic acids is 2. The number of methoxy groups -OCH3 is 1. The maximum Gasteiger partial charge on any atom is 0.223 e. The topological polar surface area (TPSA) is 96.7 Å². The molecule has 3 rings (SSSR count). The summed E-state index contributed by atoms with van der Waals surface area (Å²) in [4.78, 5) is 27.1. The molecule has 1 aromatic heterocycles. The maximum absolute atomic E-state index is 12.7. The minimum Gasteiger partial charge on any atom is -0.497 e. The first-order valence-electron chi connectivity index (χ1n) is 10.7. The summed E-state index contributed by atoms with van der Waals surface area (Å²) in [6, 6.07) is 9.93. The molecule has 0 bridgehead atoms. The third-order valence-electron chi connectivity index (χ3n) is 5.69. The number of carbonyl (C=O) groups is 2. The van der Waals surface area contributed by atoms with Crippen molar-refractivity contribution in [2.45, 2.75) is 51.7 Å². The molecule has 31 heavy (non-hydrogen) atoms. The highest BCUT2D eigenvalue weighted by Crippen LogP contribution is 2.19. The number of aromatic nitrogens is 1. The van der Waals surface area contributed by atoms with Crippen molar-refractivity contribution in [1.29, 1.82) is 0 Å². The van der Waals surface area contributed by atoms with Crippen LogP contribution in [0.3, 0.4) is 0 Å². The Kier molecular flexibility index (Phi) is 8.06. The van der Waals surface area contributed by atoms with Crippen LogP contribution in [0.15, 0.2) is 34.9 Å². The lowest BCUT2D eigenvalue weighted by Crippen LogP contribution is -2.41. The van der Waals surface area contributed by atoms with Crippen LogP contribution in [0, 0.1) is 12.8 Å². The van der Waals surface area contributed by atoms with E-state index in [1.54, 1.807) is 18.1 Å². The number of amides is 2. The monoisotopic (exact) mass is 428 g/mol.